The topological polar surface area (TPSA) is 151 Å². The van der Waals surface area contributed by atoms with Crippen molar-refractivity contribution in [1.82, 2.24) is 24.6 Å². The second kappa shape index (κ2) is 14.8. The standard InChI is InChI=1S/C39H31N7O5S3/c1-51-44-31(29-22-54-38(41-29)43-39(25-11-5-2-6-12-25,26-13-7-3-8-14-26)27-15-9-4-10-16-27)34(47)42-32-35(48)46-33(37(49)50)24(20-53-36(32)46)17-18-28-21-52-30-19-40-23-45(28)30/h2-19,21-23,32,36H,20H2,1H3,(H,41,43)(H,42,47)(H,49,50)/t32-,36-/m1/s1. The number of imidazole rings is 1. The number of oxime groups is 1. The smallest absolute Gasteiger partial charge is 0.352 e. The Bertz CT molecular complexity index is 2340. The Kier molecular flexibility index (Phi) is 9.58. The van der Waals surface area contributed by atoms with Crippen molar-refractivity contribution in [3.05, 3.63) is 160 Å². The van der Waals surface area contributed by atoms with Gasteiger partial charge in [-0.2, -0.15) is 0 Å². The second-order valence-electron chi connectivity index (χ2n) is 12.3. The number of anilines is 1. The summed E-state index contributed by atoms with van der Waals surface area (Å²) in [4.78, 5) is 56.0. The number of nitrogens with zero attached hydrogens (tertiary/aromatic N) is 5. The van der Waals surface area contributed by atoms with E-state index in [9.17, 15) is 19.5 Å². The Labute approximate surface area is 321 Å². The summed E-state index contributed by atoms with van der Waals surface area (Å²) in [5.41, 5.74) is 3.43. The van der Waals surface area contributed by atoms with Crippen LogP contribution in [-0.4, -0.2) is 72.1 Å². The third-order valence-corrected chi connectivity index (χ3v) is 12.1. The van der Waals surface area contributed by atoms with Crippen molar-refractivity contribution in [2.24, 2.45) is 5.16 Å². The number of aliphatic carboxylic acids is 1. The third-order valence-electron chi connectivity index (χ3n) is 9.18. The highest BCUT2D eigenvalue weighted by Gasteiger charge is 2.54. The van der Waals surface area contributed by atoms with Gasteiger partial charge in [-0.1, -0.05) is 102 Å². The number of thioether (sulfide) groups is 1. The minimum absolute atomic E-state index is 0.109. The van der Waals surface area contributed by atoms with Crippen LogP contribution in [0.2, 0.25) is 0 Å². The van der Waals surface area contributed by atoms with Crippen LogP contribution in [0.5, 0.6) is 0 Å². The monoisotopic (exact) mass is 773 g/mol. The first-order valence-corrected chi connectivity index (χ1v) is 19.5. The predicted octanol–water partition coefficient (Wildman–Crippen LogP) is 6.06. The predicted molar refractivity (Wildman–Crippen MR) is 210 cm³/mol. The molecule has 2 amide bonds. The van der Waals surface area contributed by atoms with E-state index in [1.807, 2.05) is 70.5 Å². The number of thiazole rings is 2. The highest BCUT2D eigenvalue weighted by molar-refractivity contribution is 8.00. The SMILES string of the molecule is CON=C(C(=O)N[C@@H]1C(=O)N2C(C(=O)O)=C(C=Cc3csc4cncn34)CS[C@H]12)c1csc(NC(c2ccccc2)(c2ccccc2)c2ccccc2)n1. The largest absolute Gasteiger partial charge is 0.477 e. The fraction of sp³-hybridized carbons (Fsp3) is 0.128. The van der Waals surface area contributed by atoms with E-state index in [4.69, 9.17) is 9.82 Å². The van der Waals surface area contributed by atoms with E-state index in [1.54, 1.807) is 24.0 Å². The first kappa shape index (κ1) is 35.0. The summed E-state index contributed by atoms with van der Waals surface area (Å²) in [5, 5.41) is 24.2. The molecule has 0 saturated carbocycles. The van der Waals surface area contributed by atoms with E-state index < -0.39 is 34.7 Å². The van der Waals surface area contributed by atoms with Crippen LogP contribution in [0, 0.1) is 0 Å². The number of benzene rings is 3. The summed E-state index contributed by atoms with van der Waals surface area (Å²) in [6, 6.07) is 29.2. The summed E-state index contributed by atoms with van der Waals surface area (Å²) in [6.07, 6.45) is 6.96. The zero-order valence-electron chi connectivity index (χ0n) is 28.5. The maximum absolute atomic E-state index is 13.8. The fourth-order valence-electron chi connectivity index (χ4n) is 6.70. The van der Waals surface area contributed by atoms with Gasteiger partial charge in [0.15, 0.2) is 10.8 Å². The molecule has 3 aromatic heterocycles. The van der Waals surface area contributed by atoms with E-state index in [0.29, 0.717) is 16.5 Å². The van der Waals surface area contributed by atoms with Crippen LogP contribution in [0.4, 0.5) is 5.13 Å². The van der Waals surface area contributed by atoms with Crippen molar-refractivity contribution in [2.45, 2.75) is 17.0 Å². The van der Waals surface area contributed by atoms with Gasteiger partial charge >= 0.3 is 5.97 Å². The van der Waals surface area contributed by atoms with Crippen molar-refractivity contribution in [1.29, 1.82) is 0 Å². The molecule has 1 fully saturated rings. The van der Waals surface area contributed by atoms with Crippen LogP contribution in [-0.2, 0) is 24.8 Å². The van der Waals surface area contributed by atoms with Gasteiger partial charge in [-0.15, -0.1) is 34.4 Å². The number of hydrogen-bond donors (Lipinski definition) is 3. The van der Waals surface area contributed by atoms with E-state index in [-0.39, 0.29) is 17.1 Å². The van der Waals surface area contributed by atoms with Crippen molar-refractivity contribution in [3.8, 4) is 0 Å². The molecule has 0 unspecified atom stereocenters. The highest BCUT2D eigenvalue weighted by atomic mass is 32.2. The van der Waals surface area contributed by atoms with Gasteiger partial charge in [0.05, 0.1) is 11.9 Å². The van der Waals surface area contributed by atoms with Crippen LogP contribution >= 0.6 is 34.4 Å². The van der Waals surface area contributed by atoms with E-state index in [1.165, 1.54) is 46.4 Å². The number of nitrogens with one attached hydrogen (secondary N) is 2. The number of fused-ring (bicyclic) bond motifs is 2. The molecular weight excluding hydrogens is 743 g/mol. The number of carboxylic acid groups (broad SMARTS) is 1. The molecule has 12 nitrogen and oxygen atoms in total. The number of hydrogen-bond acceptors (Lipinski definition) is 11. The molecule has 0 spiro atoms. The molecule has 2 atom stereocenters. The summed E-state index contributed by atoms with van der Waals surface area (Å²) < 4.78 is 1.90. The molecule has 3 N–H and O–H groups in total. The zero-order chi connectivity index (χ0) is 37.2. The highest BCUT2D eigenvalue weighted by Crippen LogP contribution is 2.42. The van der Waals surface area contributed by atoms with Crippen LogP contribution < -0.4 is 10.6 Å². The van der Waals surface area contributed by atoms with Gasteiger partial charge in [0.25, 0.3) is 11.8 Å². The van der Waals surface area contributed by atoms with Crippen molar-refractivity contribution >= 4 is 74.0 Å². The van der Waals surface area contributed by atoms with Gasteiger partial charge < -0.3 is 20.6 Å². The Hall–Kier alpha value is -6.03. The number of β-lactam (4-membered cyclic amide) rings is 1. The maximum atomic E-state index is 13.8. The molecule has 15 heteroatoms. The summed E-state index contributed by atoms with van der Waals surface area (Å²) in [7, 11) is 1.32. The number of carbonyl (C=O) groups is 3. The molecule has 0 bridgehead atoms. The van der Waals surface area contributed by atoms with E-state index in [0.717, 1.165) is 27.2 Å². The third kappa shape index (κ3) is 6.25. The Morgan fingerprint density at radius 3 is 2.20 bits per heavy atom. The number of aromatic nitrogens is 3. The summed E-state index contributed by atoms with van der Waals surface area (Å²) >= 11 is 4.19. The first-order valence-electron chi connectivity index (χ1n) is 16.7. The Morgan fingerprint density at radius 2 is 1.59 bits per heavy atom. The Morgan fingerprint density at radius 1 is 0.944 bits per heavy atom. The van der Waals surface area contributed by atoms with Crippen LogP contribution in [0.25, 0.3) is 10.9 Å². The molecule has 8 rings (SSSR count). The molecule has 3 aromatic carbocycles. The zero-order valence-corrected chi connectivity index (χ0v) is 31.0. The second-order valence-corrected chi connectivity index (χ2v) is 15.1. The number of carbonyl (C=O) groups excluding carboxylic acids is 2. The quantitative estimate of drug-likeness (QED) is 0.0584. The van der Waals surface area contributed by atoms with Crippen molar-refractivity contribution in [3.63, 3.8) is 0 Å². The first-order chi connectivity index (χ1) is 26.4. The van der Waals surface area contributed by atoms with Gasteiger partial charge in [0.1, 0.15) is 46.6 Å². The fourth-order valence-corrected chi connectivity index (χ4v) is 9.60. The molecule has 6 aromatic rings. The van der Waals surface area contributed by atoms with Crippen molar-refractivity contribution < 1.29 is 24.3 Å². The van der Waals surface area contributed by atoms with Crippen LogP contribution in [0.1, 0.15) is 28.1 Å². The van der Waals surface area contributed by atoms with Gasteiger partial charge in [0.2, 0.25) is 0 Å². The number of rotatable bonds is 12. The normalized spacial score (nSPS) is 17.4. The van der Waals surface area contributed by atoms with E-state index >= 15 is 0 Å². The molecule has 2 aliphatic heterocycles. The molecule has 270 valence electrons. The van der Waals surface area contributed by atoms with Gasteiger partial charge in [-0.25, -0.2) is 14.8 Å². The maximum Gasteiger partial charge on any atom is 0.352 e. The number of carboxylic acids is 1. The lowest BCUT2D eigenvalue weighted by atomic mass is 9.77. The van der Waals surface area contributed by atoms with Crippen LogP contribution in [0.15, 0.2) is 137 Å². The van der Waals surface area contributed by atoms with E-state index in [2.05, 4.69) is 57.2 Å². The van der Waals surface area contributed by atoms with Gasteiger partial charge in [-0.05, 0) is 28.3 Å². The summed E-state index contributed by atoms with van der Waals surface area (Å²) in [6.45, 7) is 0. The molecule has 5 heterocycles. The average molecular weight is 774 g/mol. The average Bonchev–Trinajstić information content (AvgIpc) is 3.97. The number of allylic oxidation sites excluding steroid dienone is 1. The molecule has 0 aliphatic carbocycles. The minimum atomic E-state index is -1.22. The molecule has 0 radical (unpaired) electrons. The van der Waals surface area contributed by atoms with Gasteiger partial charge in [0, 0.05) is 16.5 Å². The lowest BCUT2D eigenvalue weighted by molar-refractivity contribution is -0.150. The molecule has 2 aliphatic rings. The molecule has 1 saturated heterocycles. The van der Waals surface area contributed by atoms with Crippen LogP contribution in [0.3, 0.4) is 0 Å². The number of amides is 2. The van der Waals surface area contributed by atoms with Gasteiger partial charge in [-0.3, -0.25) is 18.9 Å². The molecule has 54 heavy (non-hydrogen) atoms. The minimum Gasteiger partial charge on any atom is -0.477 e. The Balaban J connectivity index is 1.04. The lowest BCUT2D eigenvalue weighted by Crippen LogP contribution is -2.71. The summed E-state index contributed by atoms with van der Waals surface area (Å²) in [5.74, 6) is -2.12. The molecular formula is C39H31N7O5S3. The lowest BCUT2D eigenvalue weighted by Gasteiger charge is -2.49. The van der Waals surface area contributed by atoms with Crippen molar-refractivity contribution in [2.75, 3.05) is 18.2 Å².